The molecule has 4 heterocycles. The monoisotopic (exact) mass is 494 g/mol. The molecule has 1 aromatic carbocycles. The lowest BCUT2D eigenvalue weighted by molar-refractivity contribution is -0.118. The minimum Gasteiger partial charge on any atom is -0.482 e. The third-order valence-electron chi connectivity index (χ3n) is 5.09. The normalized spacial score (nSPS) is 12.7. The van der Waals surface area contributed by atoms with Crippen molar-refractivity contribution in [3.8, 4) is 26.9 Å². The Morgan fingerprint density at radius 1 is 1.06 bits per heavy atom. The highest BCUT2D eigenvalue weighted by Crippen LogP contribution is 2.38. The molecule has 1 aliphatic rings. The van der Waals surface area contributed by atoms with E-state index in [0.29, 0.717) is 22.2 Å². The number of ketones is 1. The molecule has 3 aromatic heterocycles. The number of aryl methyl sites for hydroxylation is 2. The van der Waals surface area contributed by atoms with Crippen molar-refractivity contribution in [2.75, 3.05) is 17.7 Å². The molecule has 0 unspecified atom stereocenters. The van der Waals surface area contributed by atoms with Gasteiger partial charge in [-0.25, -0.2) is 4.98 Å². The number of hydrogen-bond donors (Lipinski definition) is 1. The fourth-order valence-corrected chi connectivity index (χ4v) is 5.89. The van der Waals surface area contributed by atoms with E-state index in [-0.39, 0.29) is 24.1 Å². The van der Waals surface area contributed by atoms with Crippen molar-refractivity contribution >= 4 is 51.8 Å². The Labute approximate surface area is 202 Å². The number of fused-ring (bicyclic) bond motifs is 1. The number of rotatable bonds is 6. The number of nitrogens with zero attached hydrogens (tertiary/aromatic N) is 3. The first kappa shape index (κ1) is 21.7. The molecule has 1 N–H and O–H groups in total. The summed E-state index contributed by atoms with van der Waals surface area (Å²) in [6.45, 7) is 4.08. The van der Waals surface area contributed by atoms with Crippen LogP contribution < -0.4 is 10.1 Å². The average molecular weight is 495 g/mol. The van der Waals surface area contributed by atoms with Crippen LogP contribution in [0.3, 0.4) is 0 Å². The van der Waals surface area contributed by atoms with Gasteiger partial charge in [0.2, 0.25) is 5.16 Å². The number of aromatic nitrogens is 3. The third-order valence-corrected chi connectivity index (χ3v) is 7.97. The van der Waals surface area contributed by atoms with Gasteiger partial charge in [0.1, 0.15) is 17.1 Å². The molecule has 33 heavy (non-hydrogen) atoms. The summed E-state index contributed by atoms with van der Waals surface area (Å²) in [6.07, 6.45) is 0. The van der Waals surface area contributed by atoms with Crippen LogP contribution in [0.5, 0.6) is 5.75 Å². The Bertz CT molecular complexity index is 1380. The van der Waals surface area contributed by atoms with E-state index in [1.54, 1.807) is 40.9 Å². The number of Topliss-reactive ketones (excluding diaryl/α,β-unsaturated/α-hetero) is 1. The van der Waals surface area contributed by atoms with Gasteiger partial charge in [0, 0.05) is 5.56 Å². The molecule has 0 radical (unpaired) electrons. The maximum atomic E-state index is 12.8. The van der Waals surface area contributed by atoms with Crippen LogP contribution >= 0.6 is 34.4 Å². The van der Waals surface area contributed by atoms with Gasteiger partial charge < -0.3 is 10.1 Å². The number of anilines is 1. The maximum Gasteiger partial charge on any atom is 0.262 e. The zero-order chi connectivity index (χ0) is 22.9. The van der Waals surface area contributed by atoms with E-state index in [1.165, 1.54) is 11.8 Å². The zero-order valence-corrected chi connectivity index (χ0v) is 20.2. The molecule has 166 valence electrons. The molecule has 1 amide bonds. The third kappa shape index (κ3) is 4.41. The molecule has 4 aromatic rings. The van der Waals surface area contributed by atoms with Crippen molar-refractivity contribution < 1.29 is 14.3 Å². The highest BCUT2D eigenvalue weighted by molar-refractivity contribution is 7.99. The van der Waals surface area contributed by atoms with Crippen LogP contribution in [-0.2, 0) is 4.79 Å². The zero-order valence-electron chi connectivity index (χ0n) is 17.7. The summed E-state index contributed by atoms with van der Waals surface area (Å²) in [6, 6.07) is 9.14. The second kappa shape index (κ2) is 9.05. The van der Waals surface area contributed by atoms with Gasteiger partial charge in [0.05, 0.1) is 21.2 Å². The molecule has 0 saturated carbocycles. The van der Waals surface area contributed by atoms with Gasteiger partial charge in [-0.05, 0) is 66.1 Å². The lowest BCUT2D eigenvalue weighted by Gasteiger charge is -2.18. The summed E-state index contributed by atoms with van der Waals surface area (Å²) in [4.78, 5) is 31.3. The van der Waals surface area contributed by atoms with Gasteiger partial charge in [-0.2, -0.15) is 0 Å². The van der Waals surface area contributed by atoms with Gasteiger partial charge >= 0.3 is 0 Å². The molecule has 0 fully saturated rings. The van der Waals surface area contributed by atoms with Crippen LogP contribution in [0.2, 0.25) is 0 Å². The smallest absolute Gasteiger partial charge is 0.262 e. The minimum absolute atomic E-state index is 0.0203. The lowest BCUT2D eigenvalue weighted by Crippen LogP contribution is -2.25. The van der Waals surface area contributed by atoms with Gasteiger partial charge in [-0.1, -0.05) is 11.8 Å². The SMILES string of the molecule is Cc1ccsc1-c1nnc(SCC(=O)c2ccc3c(c2)NC(=O)CO3)nc1-c1sccc1C. The Hall–Kier alpha value is -3.08. The molecule has 0 atom stereocenters. The van der Waals surface area contributed by atoms with E-state index in [9.17, 15) is 9.59 Å². The topological polar surface area (TPSA) is 94.1 Å². The Morgan fingerprint density at radius 2 is 1.79 bits per heavy atom. The Morgan fingerprint density at radius 3 is 2.48 bits per heavy atom. The largest absolute Gasteiger partial charge is 0.482 e. The molecule has 0 bridgehead atoms. The molecule has 10 heteroatoms. The van der Waals surface area contributed by atoms with Gasteiger partial charge in [-0.3, -0.25) is 9.59 Å². The van der Waals surface area contributed by atoms with Crippen LogP contribution in [0.25, 0.3) is 21.1 Å². The van der Waals surface area contributed by atoms with Crippen molar-refractivity contribution in [2.24, 2.45) is 0 Å². The fraction of sp³-hybridized carbons (Fsp3) is 0.174. The number of carbonyl (C=O) groups is 2. The van der Waals surface area contributed by atoms with Crippen molar-refractivity contribution in [3.63, 3.8) is 0 Å². The first-order valence-corrected chi connectivity index (χ1v) is 12.8. The van der Waals surface area contributed by atoms with Crippen molar-refractivity contribution in [2.45, 2.75) is 19.0 Å². The van der Waals surface area contributed by atoms with E-state index in [2.05, 4.69) is 27.6 Å². The number of carbonyl (C=O) groups excluding carboxylic acids is 2. The minimum atomic E-state index is -0.238. The van der Waals surface area contributed by atoms with Crippen LogP contribution in [0.15, 0.2) is 46.2 Å². The molecular weight excluding hydrogens is 476 g/mol. The van der Waals surface area contributed by atoms with Gasteiger partial charge in [0.25, 0.3) is 5.91 Å². The first-order valence-electron chi connectivity index (χ1n) is 10.1. The second-order valence-corrected chi connectivity index (χ2v) is 10.2. The Kier molecular flexibility index (Phi) is 5.96. The summed E-state index contributed by atoms with van der Waals surface area (Å²) in [5, 5.41) is 16.0. The van der Waals surface area contributed by atoms with E-state index in [0.717, 1.165) is 32.3 Å². The predicted molar refractivity (Wildman–Crippen MR) is 132 cm³/mol. The van der Waals surface area contributed by atoms with Gasteiger partial charge in [0.15, 0.2) is 12.4 Å². The highest BCUT2D eigenvalue weighted by Gasteiger charge is 2.21. The number of thioether (sulfide) groups is 1. The molecular formula is C23H18N4O3S3. The molecule has 1 aliphatic heterocycles. The molecule has 0 saturated heterocycles. The summed E-state index contributed by atoms with van der Waals surface area (Å²) >= 11 is 4.47. The van der Waals surface area contributed by atoms with Crippen LogP contribution in [0.4, 0.5) is 5.69 Å². The second-order valence-electron chi connectivity index (χ2n) is 7.42. The Balaban J connectivity index is 1.40. The van der Waals surface area contributed by atoms with E-state index in [4.69, 9.17) is 9.72 Å². The summed E-state index contributed by atoms with van der Waals surface area (Å²) in [5.74, 6) is 0.369. The number of amides is 1. The number of hydrogen-bond acceptors (Lipinski definition) is 9. The highest BCUT2D eigenvalue weighted by atomic mass is 32.2. The summed E-state index contributed by atoms with van der Waals surface area (Å²) in [7, 11) is 0. The van der Waals surface area contributed by atoms with Crippen molar-refractivity contribution in [1.82, 2.24) is 15.2 Å². The molecule has 0 spiro atoms. The van der Waals surface area contributed by atoms with Crippen LogP contribution in [-0.4, -0.2) is 39.2 Å². The molecule has 7 nitrogen and oxygen atoms in total. The maximum absolute atomic E-state index is 12.8. The predicted octanol–water partition coefficient (Wildman–Crippen LogP) is 5.25. The lowest BCUT2D eigenvalue weighted by atomic mass is 10.1. The summed E-state index contributed by atoms with van der Waals surface area (Å²) < 4.78 is 5.35. The number of benzene rings is 1. The van der Waals surface area contributed by atoms with Crippen molar-refractivity contribution in [1.29, 1.82) is 0 Å². The van der Waals surface area contributed by atoms with Crippen LogP contribution in [0, 0.1) is 13.8 Å². The van der Waals surface area contributed by atoms with E-state index >= 15 is 0 Å². The molecule has 5 rings (SSSR count). The van der Waals surface area contributed by atoms with Crippen LogP contribution in [0.1, 0.15) is 21.5 Å². The standard InChI is InChI=1S/C23H18N4O3S3/c1-12-5-7-31-21(12)19-20(22-13(2)6-8-32-22)26-27-23(25-19)33-11-16(28)14-3-4-17-15(9-14)24-18(29)10-30-17/h3-9H,10-11H2,1-2H3,(H,24,29). The fourth-order valence-electron chi connectivity index (χ4n) is 3.38. The number of ether oxygens (including phenoxy) is 1. The van der Waals surface area contributed by atoms with E-state index < -0.39 is 0 Å². The first-order chi connectivity index (χ1) is 16.0. The van der Waals surface area contributed by atoms with Crippen molar-refractivity contribution in [3.05, 3.63) is 57.8 Å². The molecule has 0 aliphatic carbocycles. The van der Waals surface area contributed by atoms with E-state index in [1.807, 2.05) is 24.6 Å². The average Bonchev–Trinajstić information content (AvgIpc) is 3.44. The number of thiophene rings is 2. The number of nitrogens with one attached hydrogen (secondary N) is 1. The summed E-state index contributed by atoms with van der Waals surface area (Å²) in [5.41, 5.74) is 4.79. The quantitative estimate of drug-likeness (QED) is 0.289. The van der Waals surface area contributed by atoms with Gasteiger partial charge in [-0.15, -0.1) is 32.9 Å².